The third-order valence-corrected chi connectivity index (χ3v) is 5.27. The Kier molecular flexibility index (Phi) is 10.6. The summed E-state index contributed by atoms with van der Waals surface area (Å²) in [5, 5.41) is 1.82. The van der Waals surface area contributed by atoms with Gasteiger partial charge in [-0.25, -0.2) is 0 Å². The molecular weight excluding hydrogens is 248 g/mol. The molecule has 0 radical (unpaired) electrons. The molecular formula is C10H22S4. The third-order valence-electron chi connectivity index (χ3n) is 1.65. The summed E-state index contributed by atoms with van der Waals surface area (Å²) in [5.41, 5.74) is 0. The smallest absolute Gasteiger partial charge is 0.00792 e. The molecule has 0 aliphatic carbocycles. The zero-order valence-electron chi connectivity index (χ0n) is 9.27. The van der Waals surface area contributed by atoms with Gasteiger partial charge in [0.1, 0.15) is 0 Å². The Morgan fingerprint density at radius 2 is 1.57 bits per heavy atom. The van der Waals surface area contributed by atoms with Crippen LogP contribution in [0.25, 0.3) is 0 Å². The number of hydrogen-bond donors (Lipinski definition) is 2. The molecule has 0 aromatic carbocycles. The maximum Gasteiger partial charge on any atom is 0.00792 e. The molecule has 0 fully saturated rings. The van der Waals surface area contributed by atoms with Crippen LogP contribution in [-0.4, -0.2) is 33.0 Å². The van der Waals surface area contributed by atoms with Crippen LogP contribution in [0.2, 0.25) is 0 Å². The van der Waals surface area contributed by atoms with Gasteiger partial charge in [-0.3, -0.25) is 0 Å². The van der Waals surface area contributed by atoms with Gasteiger partial charge in [-0.1, -0.05) is 20.8 Å². The third kappa shape index (κ3) is 11.5. The Morgan fingerprint density at radius 3 is 2.07 bits per heavy atom. The molecule has 0 saturated carbocycles. The van der Waals surface area contributed by atoms with Gasteiger partial charge in [0, 0.05) is 27.3 Å². The van der Waals surface area contributed by atoms with E-state index < -0.39 is 0 Å². The van der Waals surface area contributed by atoms with E-state index in [1.165, 1.54) is 17.9 Å². The predicted molar refractivity (Wildman–Crippen MR) is 80.8 cm³/mol. The van der Waals surface area contributed by atoms with Crippen molar-refractivity contribution in [1.29, 1.82) is 0 Å². The summed E-state index contributed by atoms with van der Waals surface area (Å²) in [6.45, 7) is 6.61. The molecule has 0 aliphatic rings. The molecule has 0 saturated heterocycles. The fourth-order valence-corrected chi connectivity index (χ4v) is 3.53. The van der Waals surface area contributed by atoms with Gasteiger partial charge >= 0.3 is 0 Å². The fraction of sp³-hybridized carbons (Fsp3) is 1.00. The van der Waals surface area contributed by atoms with Crippen molar-refractivity contribution < 1.29 is 0 Å². The highest BCUT2D eigenvalue weighted by Gasteiger charge is 2.04. The standard InChI is InChI=1S/C10H22S4/c1-8(11)6-13-5-4-10(3)14-7-9(2)12/h8-12H,4-7H2,1-3H3. The van der Waals surface area contributed by atoms with Crippen LogP contribution in [0.1, 0.15) is 27.2 Å². The lowest BCUT2D eigenvalue weighted by molar-refractivity contribution is 0.912. The molecule has 4 heteroatoms. The normalized spacial score (nSPS) is 17.8. The van der Waals surface area contributed by atoms with Gasteiger partial charge in [-0.15, -0.1) is 0 Å². The van der Waals surface area contributed by atoms with E-state index in [1.807, 2.05) is 23.5 Å². The van der Waals surface area contributed by atoms with Crippen LogP contribution in [0.15, 0.2) is 0 Å². The zero-order valence-corrected chi connectivity index (χ0v) is 12.7. The minimum absolute atomic E-state index is 0.521. The molecule has 14 heavy (non-hydrogen) atoms. The van der Waals surface area contributed by atoms with Crippen LogP contribution in [0.3, 0.4) is 0 Å². The van der Waals surface area contributed by atoms with Gasteiger partial charge in [0.05, 0.1) is 0 Å². The van der Waals surface area contributed by atoms with E-state index in [2.05, 4.69) is 46.0 Å². The van der Waals surface area contributed by atoms with Crippen molar-refractivity contribution >= 4 is 48.8 Å². The van der Waals surface area contributed by atoms with Gasteiger partial charge in [-0.05, 0) is 12.2 Å². The lowest BCUT2D eigenvalue weighted by Crippen LogP contribution is -2.05. The molecule has 0 N–H and O–H groups in total. The molecule has 0 bridgehead atoms. The lowest BCUT2D eigenvalue weighted by Gasteiger charge is -2.12. The monoisotopic (exact) mass is 270 g/mol. The first-order valence-corrected chi connectivity index (χ1v) is 8.31. The minimum atomic E-state index is 0.521. The highest BCUT2D eigenvalue weighted by Crippen LogP contribution is 2.19. The lowest BCUT2D eigenvalue weighted by atomic mass is 10.4. The van der Waals surface area contributed by atoms with E-state index in [1.54, 1.807) is 0 Å². The van der Waals surface area contributed by atoms with E-state index >= 15 is 0 Å². The fourth-order valence-electron chi connectivity index (χ4n) is 0.890. The van der Waals surface area contributed by atoms with Gasteiger partial charge in [0.15, 0.2) is 0 Å². The zero-order chi connectivity index (χ0) is 11.0. The second-order valence-electron chi connectivity index (χ2n) is 3.71. The van der Waals surface area contributed by atoms with Crippen LogP contribution >= 0.6 is 48.8 Å². The van der Waals surface area contributed by atoms with Crippen LogP contribution in [0, 0.1) is 0 Å². The van der Waals surface area contributed by atoms with Crippen molar-refractivity contribution in [2.45, 2.75) is 42.9 Å². The summed E-state index contributed by atoms with van der Waals surface area (Å²) in [7, 11) is 0. The molecule has 0 heterocycles. The summed E-state index contributed by atoms with van der Waals surface area (Å²) in [5.74, 6) is 3.60. The summed E-state index contributed by atoms with van der Waals surface area (Å²) < 4.78 is 0. The molecule has 86 valence electrons. The number of thioether (sulfide) groups is 2. The SMILES string of the molecule is CC(S)CSCCC(C)SCC(C)S. The largest absolute Gasteiger partial charge is 0.175 e. The van der Waals surface area contributed by atoms with Gasteiger partial charge in [0.25, 0.3) is 0 Å². The minimum Gasteiger partial charge on any atom is -0.175 e. The summed E-state index contributed by atoms with van der Waals surface area (Å²) in [6, 6.07) is 0. The van der Waals surface area contributed by atoms with Crippen LogP contribution in [-0.2, 0) is 0 Å². The van der Waals surface area contributed by atoms with Crippen molar-refractivity contribution in [3.8, 4) is 0 Å². The topological polar surface area (TPSA) is 0 Å². The van der Waals surface area contributed by atoms with E-state index in [0.717, 1.165) is 11.0 Å². The second kappa shape index (κ2) is 9.61. The molecule has 0 aliphatic heterocycles. The van der Waals surface area contributed by atoms with Crippen LogP contribution < -0.4 is 0 Å². The van der Waals surface area contributed by atoms with E-state index in [9.17, 15) is 0 Å². The van der Waals surface area contributed by atoms with E-state index in [0.29, 0.717) is 10.5 Å². The molecule has 0 aromatic rings. The molecule has 0 nitrogen and oxygen atoms in total. The van der Waals surface area contributed by atoms with Crippen LogP contribution in [0.4, 0.5) is 0 Å². The second-order valence-corrected chi connectivity index (χ2v) is 8.09. The number of thiol groups is 2. The van der Waals surface area contributed by atoms with Gasteiger partial charge in [0.2, 0.25) is 0 Å². The molecule has 0 spiro atoms. The van der Waals surface area contributed by atoms with Crippen molar-refractivity contribution in [1.82, 2.24) is 0 Å². The van der Waals surface area contributed by atoms with Gasteiger partial charge < -0.3 is 0 Å². The first-order chi connectivity index (χ1) is 6.52. The summed E-state index contributed by atoms with van der Waals surface area (Å²) in [4.78, 5) is 0. The highest BCUT2D eigenvalue weighted by atomic mass is 32.2. The van der Waals surface area contributed by atoms with E-state index in [4.69, 9.17) is 0 Å². The Bertz CT molecular complexity index is 125. The van der Waals surface area contributed by atoms with Crippen molar-refractivity contribution in [2.75, 3.05) is 17.3 Å². The Labute approximate surface area is 109 Å². The van der Waals surface area contributed by atoms with Gasteiger partial charge in [-0.2, -0.15) is 48.8 Å². The summed E-state index contributed by atoms with van der Waals surface area (Å²) >= 11 is 12.8. The average Bonchev–Trinajstić information content (AvgIpc) is 2.08. The number of rotatable bonds is 8. The van der Waals surface area contributed by atoms with E-state index in [-0.39, 0.29) is 0 Å². The van der Waals surface area contributed by atoms with Crippen molar-refractivity contribution in [3.63, 3.8) is 0 Å². The molecule has 3 unspecified atom stereocenters. The average molecular weight is 271 g/mol. The maximum absolute atomic E-state index is 4.37. The van der Waals surface area contributed by atoms with Crippen molar-refractivity contribution in [3.05, 3.63) is 0 Å². The Balaban J connectivity index is 3.22. The predicted octanol–water partition coefficient (Wildman–Crippen LogP) is 3.87. The maximum atomic E-state index is 4.37. The first-order valence-electron chi connectivity index (χ1n) is 5.07. The van der Waals surface area contributed by atoms with Crippen LogP contribution in [0.5, 0.6) is 0 Å². The molecule has 0 amide bonds. The van der Waals surface area contributed by atoms with Crippen molar-refractivity contribution in [2.24, 2.45) is 0 Å². The first kappa shape index (κ1) is 15.4. The Hall–Kier alpha value is 1.40. The Morgan fingerprint density at radius 1 is 1.00 bits per heavy atom. The quantitative estimate of drug-likeness (QED) is 0.508. The molecule has 0 aromatic heterocycles. The molecule has 0 rings (SSSR count). The highest BCUT2D eigenvalue weighted by molar-refractivity contribution is 8.01. The molecule has 3 atom stereocenters. The number of hydrogen-bond acceptors (Lipinski definition) is 4. The summed E-state index contributed by atoms with van der Waals surface area (Å²) in [6.07, 6.45) is 1.30.